The predicted molar refractivity (Wildman–Crippen MR) is 91.9 cm³/mol. The van der Waals surface area contributed by atoms with E-state index in [-0.39, 0.29) is 5.92 Å². The van der Waals surface area contributed by atoms with Crippen molar-refractivity contribution in [3.8, 4) is 0 Å². The van der Waals surface area contributed by atoms with Crippen molar-refractivity contribution in [2.45, 2.75) is 38.9 Å². The van der Waals surface area contributed by atoms with Gasteiger partial charge in [0.05, 0.1) is 5.56 Å². The minimum Gasteiger partial charge on any atom is -0.323 e. The van der Waals surface area contributed by atoms with Gasteiger partial charge in [-0.05, 0) is 24.1 Å². The van der Waals surface area contributed by atoms with Gasteiger partial charge in [0.2, 0.25) is 0 Å². The third-order valence-corrected chi connectivity index (χ3v) is 4.49. The van der Waals surface area contributed by atoms with Crippen molar-refractivity contribution < 1.29 is 17.7 Å². The molecule has 3 rings (SSSR count). The molecule has 5 nitrogen and oxygen atoms in total. The third kappa shape index (κ3) is 4.55. The fraction of sp³-hybridized carbons (Fsp3) is 0.556. The van der Waals surface area contributed by atoms with E-state index in [0.29, 0.717) is 18.4 Å². The van der Waals surface area contributed by atoms with Gasteiger partial charge >= 0.3 is 12.2 Å². The maximum Gasteiger partial charge on any atom is 0.416 e. The Labute approximate surface area is 150 Å². The summed E-state index contributed by atoms with van der Waals surface area (Å²) in [4.78, 5) is 8.75. The number of hydrogen-bond acceptors (Lipinski definition) is 5. The van der Waals surface area contributed by atoms with Gasteiger partial charge < -0.3 is 9.42 Å². The Balaban J connectivity index is 1.58. The molecule has 0 unspecified atom stereocenters. The van der Waals surface area contributed by atoms with Crippen LogP contribution in [-0.2, 0) is 12.7 Å². The first-order chi connectivity index (χ1) is 12.3. The first-order valence-corrected chi connectivity index (χ1v) is 8.80. The number of rotatable bonds is 4. The van der Waals surface area contributed by atoms with Gasteiger partial charge in [0, 0.05) is 38.6 Å². The normalized spacial score (nSPS) is 16.9. The molecular formula is C18H23F3N4O. The average molecular weight is 368 g/mol. The number of benzene rings is 1. The molecule has 1 aromatic carbocycles. The summed E-state index contributed by atoms with van der Waals surface area (Å²) >= 11 is 0. The van der Waals surface area contributed by atoms with E-state index >= 15 is 0 Å². The second-order valence-corrected chi connectivity index (χ2v) is 6.90. The molecule has 0 N–H and O–H groups in total. The molecule has 1 aliphatic heterocycles. The molecule has 1 saturated heterocycles. The zero-order valence-corrected chi connectivity index (χ0v) is 15.0. The Morgan fingerprint density at radius 2 is 1.81 bits per heavy atom. The maximum absolute atomic E-state index is 12.7. The summed E-state index contributed by atoms with van der Waals surface area (Å²) < 4.78 is 43.3. The van der Waals surface area contributed by atoms with Crippen LogP contribution in [0.1, 0.15) is 43.1 Å². The molecule has 1 fully saturated rings. The van der Waals surface area contributed by atoms with E-state index in [1.165, 1.54) is 0 Å². The van der Waals surface area contributed by atoms with Crippen LogP contribution in [0.3, 0.4) is 0 Å². The van der Waals surface area contributed by atoms with Crippen molar-refractivity contribution >= 4 is 6.01 Å². The molecule has 142 valence electrons. The number of nitrogens with zero attached hydrogens (tertiary/aromatic N) is 4. The highest BCUT2D eigenvalue weighted by Crippen LogP contribution is 2.29. The molecular weight excluding hydrogens is 345 g/mol. The van der Waals surface area contributed by atoms with Gasteiger partial charge in [0.25, 0.3) is 0 Å². The molecule has 26 heavy (non-hydrogen) atoms. The first kappa shape index (κ1) is 18.7. The van der Waals surface area contributed by atoms with E-state index in [4.69, 9.17) is 4.52 Å². The largest absolute Gasteiger partial charge is 0.416 e. The summed E-state index contributed by atoms with van der Waals surface area (Å²) in [7, 11) is 0. The maximum atomic E-state index is 12.7. The lowest BCUT2D eigenvalue weighted by atomic mass is 10.1. The highest BCUT2D eigenvalue weighted by molar-refractivity contribution is 5.27. The Hall–Kier alpha value is -2.09. The summed E-state index contributed by atoms with van der Waals surface area (Å²) in [6, 6.07) is 5.94. The lowest BCUT2D eigenvalue weighted by Crippen LogP contribution is -2.30. The van der Waals surface area contributed by atoms with E-state index in [1.54, 1.807) is 12.1 Å². The van der Waals surface area contributed by atoms with Gasteiger partial charge in [-0.1, -0.05) is 31.1 Å². The summed E-state index contributed by atoms with van der Waals surface area (Å²) in [6.07, 6.45) is -3.36. The van der Waals surface area contributed by atoms with Gasteiger partial charge in [-0.15, -0.1) is 0 Å². The Kier molecular flexibility index (Phi) is 5.50. The molecule has 1 aliphatic rings. The Morgan fingerprint density at radius 1 is 1.08 bits per heavy atom. The van der Waals surface area contributed by atoms with Crippen LogP contribution in [0.25, 0.3) is 0 Å². The Bertz CT molecular complexity index is 712. The minimum absolute atomic E-state index is 0.218. The summed E-state index contributed by atoms with van der Waals surface area (Å²) in [5.41, 5.74) is 0.270. The van der Waals surface area contributed by atoms with Crippen molar-refractivity contribution in [1.82, 2.24) is 15.0 Å². The van der Waals surface area contributed by atoms with Gasteiger partial charge in [-0.25, -0.2) is 0 Å². The van der Waals surface area contributed by atoms with Crippen LogP contribution >= 0.6 is 0 Å². The topological polar surface area (TPSA) is 45.4 Å². The number of hydrogen-bond donors (Lipinski definition) is 0. The van der Waals surface area contributed by atoms with Crippen LogP contribution in [0.15, 0.2) is 28.8 Å². The molecule has 0 saturated carbocycles. The second-order valence-electron chi connectivity index (χ2n) is 6.90. The zero-order chi connectivity index (χ0) is 18.7. The Morgan fingerprint density at radius 3 is 2.42 bits per heavy atom. The van der Waals surface area contributed by atoms with Gasteiger partial charge in [-0.2, -0.15) is 18.2 Å². The van der Waals surface area contributed by atoms with E-state index in [2.05, 4.69) is 19.9 Å². The molecule has 0 spiro atoms. The molecule has 0 atom stereocenters. The first-order valence-electron chi connectivity index (χ1n) is 8.80. The van der Waals surface area contributed by atoms with Crippen molar-refractivity contribution in [3.63, 3.8) is 0 Å². The predicted octanol–water partition coefficient (Wildman–Crippen LogP) is 3.92. The number of alkyl halides is 3. The lowest BCUT2D eigenvalue weighted by Gasteiger charge is -2.21. The zero-order valence-electron chi connectivity index (χ0n) is 15.0. The summed E-state index contributed by atoms with van der Waals surface area (Å²) in [6.45, 7) is 7.91. The molecule has 1 aromatic heterocycles. The number of aromatic nitrogens is 2. The van der Waals surface area contributed by atoms with Crippen LogP contribution in [0.2, 0.25) is 0 Å². The fourth-order valence-electron chi connectivity index (χ4n) is 2.97. The van der Waals surface area contributed by atoms with Crippen LogP contribution < -0.4 is 4.90 Å². The van der Waals surface area contributed by atoms with Crippen LogP contribution in [-0.4, -0.2) is 41.2 Å². The lowest BCUT2D eigenvalue weighted by molar-refractivity contribution is -0.137. The molecule has 2 heterocycles. The standard InChI is InChI=1S/C18H23F3N4O/c1-13(2)16-22-17(26-23-16)25-9-3-8-24(10-11-25)12-14-4-6-15(7-5-14)18(19,20)21/h4-7,13H,3,8-12H2,1-2H3. The quantitative estimate of drug-likeness (QED) is 0.818. The molecule has 0 amide bonds. The smallest absolute Gasteiger partial charge is 0.323 e. The van der Waals surface area contributed by atoms with Crippen LogP contribution in [0, 0.1) is 0 Å². The van der Waals surface area contributed by atoms with E-state index in [9.17, 15) is 13.2 Å². The third-order valence-electron chi connectivity index (χ3n) is 4.49. The highest BCUT2D eigenvalue weighted by atomic mass is 19.4. The molecule has 8 heteroatoms. The van der Waals surface area contributed by atoms with Gasteiger partial charge in [0.1, 0.15) is 0 Å². The summed E-state index contributed by atoms with van der Waals surface area (Å²) in [5.74, 6) is 0.918. The van der Waals surface area contributed by atoms with Crippen molar-refractivity contribution in [2.24, 2.45) is 0 Å². The van der Waals surface area contributed by atoms with Crippen molar-refractivity contribution in [1.29, 1.82) is 0 Å². The van der Waals surface area contributed by atoms with E-state index in [0.717, 1.165) is 50.3 Å². The summed E-state index contributed by atoms with van der Waals surface area (Å²) in [5, 5.41) is 4.00. The van der Waals surface area contributed by atoms with Crippen LogP contribution in [0.5, 0.6) is 0 Å². The van der Waals surface area contributed by atoms with Crippen LogP contribution in [0.4, 0.5) is 19.2 Å². The monoisotopic (exact) mass is 368 g/mol. The number of halogens is 3. The highest BCUT2D eigenvalue weighted by Gasteiger charge is 2.30. The van der Waals surface area contributed by atoms with Gasteiger partial charge in [0.15, 0.2) is 5.82 Å². The second kappa shape index (κ2) is 7.65. The molecule has 2 aromatic rings. The molecule has 0 aliphatic carbocycles. The van der Waals surface area contributed by atoms with E-state index < -0.39 is 11.7 Å². The van der Waals surface area contributed by atoms with E-state index in [1.807, 2.05) is 13.8 Å². The molecule has 0 bridgehead atoms. The van der Waals surface area contributed by atoms with Crippen molar-refractivity contribution in [3.05, 3.63) is 41.2 Å². The SMILES string of the molecule is CC(C)c1noc(N2CCCN(Cc3ccc(C(F)(F)F)cc3)CC2)n1. The number of anilines is 1. The average Bonchev–Trinajstić information content (AvgIpc) is 2.97. The fourth-order valence-corrected chi connectivity index (χ4v) is 2.97. The van der Waals surface area contributed by atoms with Gasteiger partial charge in [-0.3, -0.25) is 4.90 Å². The van der Waals surface area contributed by atoms with Crippen molar-refractivity contribution in [2.75, 3.05) is 31.1 Å². The minimum atomic E-state index is -4.29. The molecule has 0 radical (unpaired) electrons.